The van der Waals surface area contributed by atoms with Crippen molar-refractivity contribution in [2.75, 3.05) is 29.4 Å². The second kappa shape index (κ2) is 5.84. The maximum absolute atomic E-state index is 12.7. The van der Waals surface area contributed by atoms with E-state index in [-0.39, 0.29) is 5.69 Å². The molecule has 1 aliphatic heterocycles. The summed E-state index contributed by atoms with van der Waals surface area (Å²) in [6, 6.07) is 7.38. The van der Waals surface area contributed by atoms with E-state index in [1.807, 2.05) is 19.1 Å². The Morgan fingerprint density at radius 2 is 1.96 bits per heavy atom. The molecule has 0 unspecified atom stereocenters. The third-order valence-electron chi connectivity index (χ3n) is 3.70. The monoisotopic (exact) mass is 341 g/mol. The van der Waals surface area contributed by atoms with Crippen LogP contribution in [0.4, 0.5) is 24.5 Å². The number of halogens is 3. The second-order valence-corrected chi connectivity index (χ2v) is 5.92. The minimum absolute atomic E-state index is 0.165. The first-order valence-corrected chi connectivity index (χ1v) is 7.98. The van der Waals surface area contributed by atoms with Gasteiger partial charge < -0.3 is 9.80 Å². The van der Waals surface area contributed by atoms with E-state index >= 15 is 0 Å². The van der Waals surface area contributed by atoms with E-state index in [4.69, 9.17) is 0 Å². The molecule has 1 amide bonds. The predicted octanol–water partition coefficient (Wildman–Crippen LogP) is 3.65. The Hall–Kier alpha value is -2.09. The Bertz CT molecular complexity index is 729. The van der Waals surface area contributed by atoms with Crippen molar-refractivity contribution in [1.29, 1.82) is 0 Å². The second-order valence-electron chi connectivity index (χ2n) is 5.06. The van der Waals surface area contributed by atoms with Crippen molar-refractivity contribution in [2.45, 2.75) is 13.1 Å². The number of amides is 1. The first kappa shape index (κ1) is 15.8. The number of alkyl halides is 3. The van der Waals surface area contributed by atoms with Gasteiger partial charge in [-0.2, -0.15) is 13.2 Å². The number of rotatable bonds is 2. The molecule has 0 atom stereocenters. The SMILES string of the molecule is CCN1CCN(C(=O)c2csc(C(F)(F)F)n2)c2ccccc21. The molecule has 0 spiro atoms. The summed E-state index contributed by atoms with van der Waals surface area (Å²) >= 11 is 0.441. The number of fused-ring (bicyclic) bond motifs is 1. The fraction of sp³-hybridized carbons (Fsp3) is 0.333. The number of nitrogens with zero attached hydrogens (tertiary/aromatic N) is 3. The van der Waals surface area contributed by atoms with E-state index in [0.29, 0.717) is 30.1 Å². The molecule has 0 radical (unpaired) electrons. The summed E-state index contributed by atoms with van der Waals surface area (Å²) in [5.74, 6) is -0.500. The highest BCUT2D eigenvalue weighted by atomic mass is 32.1. The minimum Gasteiger partial charge on any atom is -0.368 e. The maximum atomic E-state index is 12.7. The Kier molecular flexibility index (Phi) is 4.01. The van der Waals surface area contributed by atoms with Gasteiger partial charge in [-0.25, -0.2) is 4.98 Å². The zero-order chi connectivity index (χ0) is 16.6. The van der Waals surface area contributed by atoms with Crippen molar-refractivity contribution in [1.82, 2.24) is 4.98 Å². The quantitative estimate of drug-likeness (QED) is 0.837. The number of anilines is 2. The van der Waals surface area contributed by atoms with Gasteiger partial charge >= 0.3 is 6.18 Å². The average Bonchev–Trinajstić information content (AvgIpc) is 3.03. The van der Waals surface area contributed by atoms with Gasteiger partial charge in [0.15, 0.2) is 5.01 Å². The van der Waals surface area contributed by atoms with Crippen LogP contribution in [-0.4, -0.2) is 30.5 Å². The van der Waals surface area contributed by atoms with Crippen molar-refractivity contribution < 1.29 is 18.0 Å². The van der Waals surface area contributed by atoms with Gasteiger partial charge in [0.2, 0.25) is 0 Å². The van der Waals surface area contributed by atoms with Crippen LogP contribution in [0, 0.1) is 0 Å². The number of hydrogen-bond donors (Lipinski definition) is 0. The van der Waals surface area contributed by atoms with E-state index in [1.54, 1.807) is 12.1 Å². The number of para-hydroxylation sites is 2. The van der Waals surface area contributed by atoms with Crippen LogP contribution in [0.3, 0.4) is 0 Å². The number of thiazole rings is 1. The van der Waals surface area contributed by atoms with E-state index in [9.17, 15) is 18.0 Å². The van der Waals surface area contributed by atoms with Gasteiger partial charge in [0.05, 0.1) is 11.4 Å². The lowest BCUT2D eigenvalue weighted by Gasteiger charge is -2.36. The number of likely N-dealkylation sites (N-methyl/N-ethyl adjacent to an activating group) is 1. The van der Waals surface area contributed by atoms with Crippen LogP contribution >= 0.6 is 11.3 Å². The highest BCUT2D eigenvalue weighted by Gasteiger charge is 2.36. The molecule has 3 rings (SSSR count). The molecule has 0 aliphatic carbocycles. The third-order valence-corrected chi connectivity index (χ3v) is 4.59. The highest BCUT2D eigenvalue weighted by molar-refractivity contribution is 7.10. The molecule has 1 aromatic carbocycles. The van der Waals surface area contributed by atoms with Crippen LogP contribution in [0.2, 0.25) is 0 Å². The first-order valence-electron chi connectivity index (χ1n) is 7.10. The summed E-state index contributed by atoms with van der Waals surface area (Å²) in [7, 11) is 0. The number of hydrogen-bond acceptors (Lipinski definition) is 4. The molecule has 0 saturated heterocycles. The van der Waals surface area contributed by atoms with Crippen molar-refractivity contribution in [3.63, 3.8) is 0 Å². The molecular formula is C15H14F3N3OS. The molecule has 0 fully saturated rings. The van der Waals surface area contributed by atoms with Crippen LogP contribution in [0.25, 0.3) is 0 Å². The molecule has 122 valence electrons. The van der Waals surface area contributed by atoms with Crippen molar-refractivity contribution in [3.8, 4) is 0 Å². The molecule has 2 aromatic rings. The number of aromatic nitrogens is 1. The molecule has 1 aliphatic rings. The highest BCUT2D eigenvalue weighted by Crippen LogP contribution is 2.35. The lowest BCUT2D eigenvalue weighted by Crippen LogP contribution is -2.44. The van der Waals surface area contributed by atoms with Crippen molar-refractivity contribution in [3.05, 3.63) is 40.3 Å². The molecule has 0 saturated carbocycles. The first-order chi connectivity index (χ1) is 10.9. The van der Waals surface area contributed by atoms with E-state index in [0.717, 1.165) is 12.2 Å². The van der Waals surface area contributed by atoms with Crippen molar-refractivity contribution in [2.24, 2.45) is 0 Å². The zero-order valence-electron chi connectivity index (χ0n) is 12.3. The third kappa shape index (κ3) is 2.90. The molecule has 1 aromatic heterocycles. The van der Waals surface area contributed by atoms with Gasteiger partial charge in [0.1, 0.15) is 5.69 Å². The predicted molar refractivity (Wildman–Crippen MR) is 83.1 cm³/mol. The fourth-order valence-corrected chi connectivity index (χ4v) is 3.26. The van der Waals surface area contributed by atoms with Gasteiger partial charge in [-0.3, -0.25) is 4.79 Å². The summed E-state index contributed by atoms with van der Waals surface area (Å²) in [4.78, 5) is 19.7. The van der Waals surface area contributed by atoms with E-state index in [1.165, 1.54) is 10.3 Å². The normalized spacial score (nSPS) is 14.8. The maximum Gasteiger partial charge on any atom is 0.443 e. The fourth-order valence-electron chi connectivity index (χ4n) is 2.60. The molecule has 4 nitrogen and oxygen atoms in total. The van der Waals surface area contributed by atoms with Gasteiger partial charge in [-0.1, -0.05) is 12.1 Å². The summed E-state index contributed by atoms with van der Waals surface area (Å²) in [5, 5.41) is 0.168. The number of carbonyl (C=O) groups excluding carboxylic acids is 1. The van der Waals surface area contributed by atoms with Crippen LogP contribution in [0.15, 0.2) is 29.6 Å². The summed E-state index contributed by atoms with van der Waals surface area (Å²) in [5.41, 5.74) is 1.44. The minimum atomic E-state index is -4.53. The molecule has 0 N–H and O–H groups in total. The zero-order valence-corrected chi connectivity index (χ0v) is 13.1. The van der Waals surface area contributed by atoms with Crippen molar-refractivity contribution >= 4 is 28.6 Å². The Morgan fingerprint density at radius 3 is 2.57 bits per heavy atom. The molecular weight excluding hydrogens is 327 g/mol. The topological polar surface area (TPSA) is 36.4 Å². The van der Waals surface area contributed by atoms with Crippen LogP contribution in [-0.2, 0) is 6.18 Å². The van der Waals surface area contributed by atoms with E-state index in [2.05, 4.69) is 9.88 Å². The van der Waals surface area contributed by atoms with Crippen LogP contribution < -0.4 is 9.80 Å². The summed E-state index contributed by atoms with van der Waals surface area (Å²) < 4.78 is 38.0. The van der Waals surface area contributed by atoms with E-state index < -0.39 is 17.1 Å². The summed E-state index contributed by atoms with van der Waals surface area (Å²) in [6.45, 7) is 3.87. The number of benzene rings is 1. The standard InChI is InChI=1S/C15H14F3N3OS/c1-2-20-7-8-21(12-6-4-3-5-11(12)20)13(22)10-9-23-14(19-10)15(16,17)18/h3-6,9H,2,7-8H2,1H3. The average molecular weight is 341 g/mol. The Balaban J connectivity index is 1.93. The molecule has 0 bridgehead atoms. The van der Waals surface area contributed by atoms with Crippen LogP contribution in [0.1, 0.15) is 22.4 Å². The largest absolute Gasteiger partial charge is 0.443 e. The smallest absolute Gasteiger partial charge is 0.368 e. The lowest BCUT2D eigenvalue weighted by molar-refractivity contribution is -0.137. The molecule has 8 heteroatoms. The molecule has 2 heterocycles. The van der Waals surface area contributed by atoms with Crippen LogP contribution in [0.5, 0.6) is 0 Å². The Labute approximate surface area is 135 Å². The Morgan fingerprint density at radius 1 is 1.26 bits per heavy atom. The van der Waals surface area contributed by atoms with Gasteiger partial charge in [0.25, 0.3) is 5.91 Å². The molecule has 23 heavy (non-hydrogen) atoms. The summed E-state index contributed by atoms with van der Waals surface area (Å²) in [6.07, 6.45) is -4.53. The van der Waals surface area contributed by atoms with Gasteiger partial charge in [0, 0.05) is 25.0 Å². The van der Waals surface area contributed by atoms with Gasteiger partial charge in [-0.15, -0.1) is 11.3 Å². The van der Waals surface area contributed by atoms with Gasteiger partial charge in [-0.05, 0) is 19.1 Å². The lowest BCUT2D eigenvalue weighted by atomic mass is 10.1. The number of carbonyl (C=O) groups is 1.